The third-order valence-electron chi connectivity index (χ3n) is 6.27. The fourth-order valence-corrected chi connectivity index (χ4v) is 4.43. The Morgan fingerprint density at radius 2 is 1.71 bits per heavy atom. The monoisotopic (exact) mass is 512 g/mol. The van der Waals surface area contributed by atoms with Gasteiger partial charge in [0.2, 0.25) is 0 Å². The number of carbonyl (C=O) groups excluding carboxylic acids is 2. The summed E-state index contributed by atoms with van der Waals surface area (Å²) in [5, 5.41) is 5.31. The lowest BCUT2D eigenvalue weighted by atomic mass is 10.1. The molecule has 0 unspecified atom stereocenters. The summed E-state index contributed by atoms with van der Waals surface area (Å²) in [5.41, 5.74) is 2.45. The molecular weight excluding hydrogens is 488 g/mol. The molecule has 1 fully saturated rings. The summed E-state index contributed by atoms with van der Waals surface area (Å²) in [5.74, 6) is -0.576. The van der Waals surface area contributed by atoms with Crippen LogP contribution in [0.1, 0.15) is 0 Å². The molecule has 0 N–H and O–H groups in total. The fraction of sp³-hybridized carbons (Fsp3) is 0.214. The number of hydrogen-bond donors (Lipinski definition) is 0. The molecule has 10 heteroatoms. The van der Waals surface area contributed by atoms with Crippen molar-refractivity contribution < 1.29 is 28.5 Å². The second-order valence-corrected chi connectivity index (χ2v) is 8.75. The van der Waals surface area contributed by atoms with Crippen molar-refractivity contribution in [3.05, 3.63) is 72.9 Å². The zero-order valence-electron chi connectivity index (χ0n) is 20.4. The lowest BCUT2D eigenvalue weighted by molar-refractivity contribution is -0.133. The molecule has 4 heterocycles. The molecule has 10 nitrogen and oxygen atoms in total. The highest BCUT2D eigenvalue weighted by atomic mass is 16.6. The van der Waals surface area contributed by atoms with Gasteiger partial charge in [0.25, 0.3) is 0 Å². The Balaban J connectivity index is 1.40. The molecule has 0 spiro atoms. The Kier molecular flexibility index (Phi) is 6.55. The van der Waals surface area contributed by atoms with Crippen molar-refractivity contribution >= 4 is 23.0 Å². The summed E-state index contributed by atoms with van der Waals surface area (Å²) in [6.07, 6.45) is 3.40. The van der Waals surface area contributed by atoms with E-state index in [2.05, 4.69) is 9.88 Å². The first kappa shape index (κ1) is 23.8. The first-order valence-corrected chi connectivity index (χ1v) is 12.3. The number of morpholine rings is 1. The summed E-state index contributed by atoms with van der Waals surface area (Å²) in [4.78, 5) is 31.3. The van der Waals surface area contributed by atoms with Crippen molar-refractivity contribution in [1.82, 2.24) is 19.7 Å². The van der Waals surface area contributed by atoms with Gasteiger partial charge in [-0.15, -0.1) is 0 Å². The number of esters is 2. The Bertz CT molecular complexity index is 1530. The number of aromatic nitrogens is 3. The van der Waals surface area contributed by atoms with Crippen molar-refractivity contribution in [2.75, 3.05) is 39.5 Å². The maximum Gasteiger partial charge on any atom is 0.336 e. The second kappa shape index (κ2) is 10.4. The molecule has 0 aliphatic carbocycles. The van der Waals surface area contributed by atoms with Gasteiger partial charge in [-0.2, -0.15) is 5.10 Å². The fourth-order valence-electron chi connectivity index (χ4n) is 4.43. The molecule has 2 aromatic carbocycles. The van der Waals surface area contributed by atoms with Crippen LogP contribution in [0.3, 0.4) is 0 Å². The van der Waals surface area contributed by atoms with E-state index in [0.29, 0.717) is 34.8 Å². The minimum Gasteiger partial charge on any atom is -0.492 e. The predicted molar refractivity (Wildman–Crippen MR) is 137 cm³/mol. The van der Waals surface area contributed by atoms with Gasteiger partial charge in [-0.05, 0) is 12.1 Å². The normalized spacial score (nSPS) is 16.7. The number of hydrogen-bond acceptors (Lipinski definition) is 9. The minimum absolute atomic E-state index is 0.0390. The van der Waals surface area contributed by atoms with Crippen LogP contribution in [0.2, 0.25) is 0 Å². The highest BCUT2D eigenvalue weighted by Gasteiger charge is 2.26. The molecule has 0 bridgehead atoms. The Morgan fingerprint density at radius 1 is 0.921 bits per heavy atom. The largest absolute Gasteiger partial charge is 0.492 e. The molecule has 2 aliphatic rings. The van der Waals surface area contributed by atoms with Crippen LogP contribution in [-0.4, -0.2) is 71.1 Å². The van der Waals surface area contributed by atoms with E-state index in [-0.39, 0.29) is 11.5 Å². The van der Waals surface area contributed by atoms with Crippen LogP contribution in [0.25, 0.3) is 28.0 Å². The van der Waals surface area contributed by atoms with Gasteiger partial charge >= 0.3 is 11.9 Å². The van der Waals surface area contributed by atoms with E-state index in [9.17, 15) is 9.59 Å². The molecule has 38 heavy (non-hydrogen) atoms. The minimum atomic E-state index is -0.696. The summed E-state index contributed by atoms with van der Waals surface area (Å²) < 4.78 is 24.1. The molecule has 6 rings (SSSR count). The van der Waals surface area contributed by atoms with Crippen molar-refractivity contribution in [3.8, 4) is 34.2 Å². The zero-order valence-corrected chi connectivity index (χ0v) is 20.4. The number of pyridine rings is 1. The molecule has 2 aliphatic heterocycles. The topological polar surface area (TPSA) is 105 Å². The third-order valence-corrected chi connectivity index (χ3v) is 6.27. The van der Waals surface area contributed by atoms with Gasteiger partial charge in [0.1, 0.15) is 18.1 Å². The highest BCUT2D eigenvalue weighted by Crippen LogP contribution is 2.41. The number of nitrogens with zero attached hydrogens (tertiary/aromatic N) is 4. The molecule has 2 aromatic heterocycles. The van der Waals surface area contributed by atoms with Gasteiger partial charge in [-0.25, -0.2) is 19.3 Å². The SMILES string of the molecule is O=C1/C=C\C(=O)Oc2c(cnc3c2c(-c2ccccc2)nn3-c2cccc(OCCN3CCOCC3)c2)O1. The number of benzene rings is 2. The molecule has 0 saturated carbocycles. The van der Waals surface area contributed by atoms with Gasteiger partial charge in [0.15, 0.2) is 17.1 Å². The molecule has 192 valence electrons. The maximum atomic E-state index is 12.4. The molecule has 1 saturated heterocycles. The highest BCUT2D eigenvalue weighted by molar-refractivity contribution is 6.03. The zero-order chi connectivity index (χ0) is 25.9. The Hall–Kier alpha value is -4.54. The van der Waals surface area contributed by atoms with Crippen molar-refractivity contribution in [1.29, 1.82) is 0 Å². The first-order valence-electron chi connectivity index (χ1n) is 12.3. The summed E-state index contributed by atoms with van der Waals surface area (Å²) in [6.45, 7) is 4.63. The smallest absolute Gasteiger partial charge is 0.336 e. The molecular formula is C28H24N4O6. The van der Waals surface area contributed by atoms with Gasteiger partial charge < -0.3 is 18.9 Å². The van der Waals surface area contributed by atoms with E-state index in [4.69, 9.17) is 24.0 Å². The predicted octanol–water partition coefficient (Wildman–Crippen LogP) is 3.18. The van der Waals surface area contributed by atoms with E-state index in [0.717, 1.165) is 50.6 Å². The summed E-state index contributed by atoms with van der Waals surface area (Å²) in [6, 6.07) is 17.0. The number of carbonyl (C=O) groups is 2. The van der Waals surface area contributed by atoms with E-state index < -0.39 is 11.9 Å². The Morgan fingerprint density at radius 3 is 2.53 bits per heavy atom. The lowest BCUT2D eigenvalue weighted by Gasteiger charge is -2.26. The molecule has 4 aromatic rings. The van der Waals surface area contributed by atoms with E-state index >= 15 is 0 Å². The van der Waals surface area contributed by atoms with E-state index in [1.165, 1.54) is 6.20 Å². The molecule has 0 radical (unpaired) electrons. The van der Waals surface area contributed by atoms with Gasteiger partial charge in [0, 0.05) is 43.4 Å². The maximum absolute atomic E-state index is 12.4. The summed E-state index contributed by atoms with van der Waals surface area (Å²) >= 11 is 0. The standard InChI is InChI=1S/C28H24N4O6/c33-23-9-10-24(34)38-27-22(37-23)18-29-28-25(27)26(19-5-2-1-3-6-19)30-32(28)20-7-4-8-21(17-20)36-16-13-31-11-14-35-15-12-31/h1-10,17-18H,11-16H2/b10-9-. The van der Waals surface area contributed by atoms with Crippen LogP contribution in [-0.2, 0) is 14.3 Å². The lowest BCUT2D eigenvalue weighted by Crippen LogP contribution is -2.38. The van der Waals surface area contributed by atoms with Crippen LogP contribution in [0.5, 0.6) is 17.2 Å². The van der Waals surface area contributed by atoms with Crippen molar-refractivity contribution in [3.63, 3.8) is 0 Å². The van der Waals surface area contributed by atoms with E-state index in [1.54, 1.807) is 4.68 Å². The first-order chi connectivity index (χ1) is 18.7. The van der Waals surface area contributed by atoms with Gasteiger partial charge in [0.05, 0.1) is 30.5 Å². The van der Waals surface area contributed by atoms with Crippen LogP contribution in [0.15, 0.2) is 72.9 Å². The quantitative estimate of drug-likeness (QED) is 0.360. The third kappa shape index (κ3) is 4.86. The van der Waals surface area contributed by atoms with Crippen molar-refractivity contribution in [2.45, 2.75) is 0 Å². The summed E-state index contributed by atoms with van der Waals surface area (Å²) in [7, 11) is 0. The van der Waals surface area contributed by atoms with Crippen LogP contribution >= 0.6 is 0 Å². The average Bonchev–Trinajstić information content (AvgIpc) is 3.34. The van der Waals surface area contributed by atoms with Crippen LogP contribution in [0.4, 0.5) is 0 Å². The van der Waals surface area contributed by atoms with Crippen LogP contribution < -0.4 is 14.2 Å². The van der Waals surface area contributed by atoms with Crippen LogP contribution in [0, 0.1) is 0 Å². The molecule has 0 amide bonds. The number of ether oxygens (including phenoxy) is 4. The second-order valence-electron chi connectivity index (χ2n) is 8.75. The van der Waals surface area contributed by atoms with Crippen molar-refractivity contribution in [2.24, 2.45) is 0 Å². The number of rotatable bonds is 6. The van der Waals surface area contributed by atoms with E-state index in [1.807, 2.05) is 54.6 Å². The number of fused-ring (bicyclic) bond motifs is 3. The molecule has 0 atom stereocenters. The Labute approximate surface area is 218 Å². The van der Waals surface area contributed by atoms with Gasteiger partial charge in [-0.1, -0.05) is 36.4 Å². The average molecular weight is 513 g/mol. The van der Waals surface area contributed by atoms with Gasteiger partial charge in [-0.3, -0.25) is 4.90 Å².